The van der Waals surface area contributed by atoms with Gasteiger partial charge in [-0.25, -0.2) is 5.43 Å². The third-order valence-corrected chi connectivity index (χ3v) is 5.76. The van der Waals surface area contributed by atoms with Crippen molar-refractivity contribution in [2.24, 2.45) is 5.10 Å². The zero-order valence-electron chi connectivity index (χ0n) is 18.5. The zero-order chi connectivity index (χ0) is 23.1. The van der Waals surface area contributed by atoms with E-state index in [9.17, 15) is 4.79 Å². The summed E-state index contributed by atoms with van der Waals surface area (Å²) in [5.74, 6) is -0.150. The summed E-state index contributed by atoms with van der Waals surface area (Å²) in [7, 11) is 1.60. The molecule has 0 aliphatic carbocycles. The number of pyridine rings is 1. The van der Waals surface area contributed by atoms with Gasteiger partial charge in [0.15, 0.2) is 0 Å². The smallest absolute Gasteiger partial charge is 0.271 e. The molecule has 2 aliphatic rings. The lowest BCUT2D eigenvalue weighted by atomic mass is 9.92. The lowest BCUT2D eigenvalue weighted by molar-refractivity contribution is -0.202. The van der Waals surface area contributed by atoms with E-state index in [1.807, 2.05) is 50.3 Å². The number of aromatic nitrogens is 1. The average Bonchev–Trinajstić information content (AvgIpc) is 3.06. The maximum absolute atomic E-state index is 12.3. The minimum absolute atomic E-state index is 0.336. The third kappa shape index (κ3) is 3.66. The standard InChI is InChI=1S/C26H23N3O4/c1-25(2)21-6-4-5-7-22(21)26(33-25)11-8-18-14-20(31-3)15-19(23(18)32-26)16-28-29-24(30)17-9-12-27-13-10-17/h4-16H,1-3H3,(H,29,30)/b28-16+. The van der Waals surface area contributed by atoms with E-state index in [1.54, 1.807) is 43.9 Å². The molecule has 2 aromatic carbocycles. The van der Waals surface area contributed by atoms with Gasteiger partial charge in [-0.05, 0) is 55.8 Å². The minimum Gasteiger partial charge on any atom is -0.497 e. The van der Waals surface area contributed by atoms with E-state index in [-0.39, 0.29) is 5.91 Å². The quantitative estimate of drug-likeness (QED) is 0.480. The van der Waals surface area contributed by atoms with Gasteiger partial charge in [-0.3, -0.25) is 9.78 Å². The topological polar surface area (TPSA) is 82.0 Å². The molecule has 0 saturated heterocycles. The van der Waals surface area contributed by atoms with Crippen LogP contribution in [-0.2, 0) is 16.1 Å². The third-order valence-electron chi connectivity index (χ3n) is 5.76. The number of nitrogens with zero attached hydrogens (tertiary/aromatic N) is 2. The van der Waals surface area contributed by atoms with Crippen LogP contribution in [-0.4, -0.2) is 24.2 Å². The van der Waals surface area contributed by atoms with Crippen molar-refractivity contribution in [1.82, 2.24) is 10.4 Å². The number of amides is 1. The number of carbonyl (C=O) groups is 1. The van der Waals surface area contributed by atoms with Crippen LogP contribution in [0.15, 0.2) is 72.1 Å². The van der Waals surface area contributed by atoms with Crippen molar-refractivity contribution < 1.29 is 19.0 Å². The number of hydrogen-bond acceptors (Lipinski definition) is 6. The summed E-state index contributed by atoms with van der Waals surface area (Å²) in [6, 6.07) is 15.0. The Hall–Kier alpha value is -3.97. The number of ether oxygens (including phenoxy) is 3. The molecule has 1 unspecified atom stereocenters. The van der Waals surface area contributed by atoms with Crippen LogP contribution in [0.5, 0.6) is 11.5 Å². The van der Waals surface area contributed by atoms with Crippen molar-refractivity contribution in [3.63, 3.8) is 0 Å². The molecular formula is C26H23N3O4. The summed E-state index contributed by atoms with van der Waals surface area (Å²) in [5.41, 5.74) is 6.00. The highest BCUT2D eigenvalue weighted by atomic mass is 16.7. The molecule has 3 aromatic rings. The second-order valence-corrected chi connectivity index (χ2v) is 8.33. The van der Waals surface area contributed by atoms with E-state index in [2.05, 4.69) is 21.6 Å². The van der Waals surface area contributed by atoms with Gasteiger partial charge in [0.25, 0.3) is 11.7 Å². The summed E-state index contributed by atoms with van der Waals surface area (Å²) in [6.07, 6.45) is 8.54. The molecule has 0 saturated carbocycles. The fourth-order valence-corrected chi connectivity index (χ4v) is 4.22. The number of nitrogens with one attached hydrogen (secondary N) is 1. The van der Waals surface area contributed by atoms with Gasteiger partial charge in [-0.15, -0.1) is 0 Å². The van der Waals surface area contributed by atoms with Crippen molar-refractivity contribution in [2.75, 3.05) is 7.11 Å². The second kappa shape index (κ2) is 7.86. The maximum Gasteiger partial charge on any atom is 0.271 e. The fraction of sp³-hybridized carbons (Fsp3) is 0.192. The first kappa shape index (κ1) is 20.9. The summed E-state index contributed by atoms with van der Waals surface area (Å²) in [4.78, 5) is 16.2. The Morgan fingerprint density at radius 1 is 1.12 bits per heavy atom. The number of benzene rings is 2. The molecule has 2 aliphatic heterocycles. The van der Waals surface area contributed by atoms with Crippen molar-refractivity contribution in [2.45, 2.75) is 25.2 Å². The summed E-state index contributed by atoms with van der Waals surface area (Å²) >= 11 is 0. The van der Waals surface area contributed by atoms with E-state index in [1.165, 1.54) is 0 Å². The van der Waals surface area contributed by atoms with Crippen molar-refractivity contribution in [3.8, 4) is 11.5 Å². The molecular weight excluding hydrogens is 418 g/mol. The Morgan fingerprint density at radius 3 is 2.64 bits per heavy atom. The lowest BCUT2D eigenvalue weighted by Crippen LogP contribution is -2.35. The Labute approximate surface area is 191 Å². The van der Waals surface area contributed by atoms with Gasteiger partial charge in [0.1, 0.15) is 11.5 Å². The van der Waals surface area contributed by atoms with Gasteiger partial charge >= 0.3 is 0 Å². The number of carbonyl (C=O) groups excluding carboxylic acids is 1. The van der Waals surface area contributed by atoms with Crippen LogP contribution in [0, 0.1) is 0 Å². The van der Waals surface area contributed by atoms with E-state index in [0.717, 1.165) is 16.7 Å². The molecule has 1 amide bonds. The van der Waals surface area contributed by atoms with Gasteiger partial charge in [-0.2, -0.15) is 5.10 Å². The molecule has 1 aromatic heterocycles. The predicted molar refractivity (Wildman–Crippen MR) is 124 cm³/mol. The van der Waals surface area contributed by atoms with E-state index in [0.29, 0.717) is 22.6 Å². The van der Waals surface area contributed by atoms with Crippen LogP contribution in [0.25, 0.3) is 6.08 Å². The van der Waals surface area contributed by atoms with Crippen molar-refractivity contribution >= 4 is 18.2 Å². The van der Waals surface area contributed by atoms with Gasteiger partial charge < -0.3 is 14.2 Å². The Bertz CT molecular complexity index is 1280. The molecule has 0 fully saturated rings. The normalized spacial score (nSPS) is 19.7. The van der Waals surface area contributed by atoms with Gasteiger partial charge in [0.2, 0.25) is 0 Å². The van der Waals surface area contributed by atoms with Gasteiger partial charge in [0, 0.05) is 34.6 Å². The Balaban J connectivity index is 1.50. The number of hydrogen-bond donors (Lipinski definition) is 1. The highest BCUT2D eigenvalue weighted by Crippen LogP contribution is 2.51. The van der Waals surface area contributed by atoms with E-state index in [4.69, 9.17) is 14.2 Å². The summed E-state index contributed by atoms with van der Waals surface area (Å²) in [5, 5.41) is 4.14. The molecule has 7 heteroatoms. The number of methoxy groups -OCH3 is 1. The Kier molecular flexibility index (Phi) is 4.98. The predicted octanol–water partition coefficient (Wildman–Crippen LogP) is 4.38. The first-order chi connectivity index (χ1) is 15.9. The molecule has 3 heterocycles. The summed E-state index contributed by atoms with van der Waals surface area (Å²) < 4.78 is 18.4. The maximum atomic E-state index is 12.3. The van der Waals surface area contributed by atoms with Gasteiger partial charge in [-0.1, -0.05) is 24.3 Å². The first-order valence-corrected chi connectivity index (χ1v) is 10.6. The summed E-state index contributed by atoms with van der Waals surface area (Å²) in [6.45, 7) is 4.05. The lowest BCUT2D eigenvalue weighted by Gasteiger charge is -2.34. The first-order valence-electron chi connectivity index (χ1n) is 10.6. The number of hydrazone groups is 1. The van der Waals surface area contributed by atoms with Crippen LogP contribution in [0.4, 0.5) is 0 Å². The fourth-order valence-electron chi connectivity index (χ4n) is 4.22. The zero-order valence-corrected chi connectivity index (χ0v) is 18.5. The highest BCUT2D eigenvalue weighted by Gasteiger charge is 2.51. The SMILES string of the molecule is COc1cc2c(c(/C=N/NC(=O)c3ccncc3)c1)OC1(C=C2)OC(C)(C)c2ccccc21. The molecule has 166 valence electrons. The van der Waals surface area contributed by atoms with Crippen LogP contribution >= 0.6 is 0 Å². The number of rotatable bonds is 4. The average molecular weight is 441 g/mol. The number of fused-ring (bicyclic) bond motifs is 3. The molecule has 0 bridgehead atoms. The molecule has 1 N–H and O–H groups in total. The van der Waals surface area contributed by atoms with Crippen molar-refractivity contribution in [1.29, 1.82) is 0 Å². The van der Waals surface area contributed by atoms with Crippen LogP contribution in [0.1, 0.15) is 46.5 Å². The van der Waals surface area contributed by atoms with Crippen LogP contribution < -0.4 is 14.9 Å². The van der Waals surface area contributed by atoms with Gasteiger partial charge in [0.05, 0.1) is 18.9 Å². The van der Waals surface area contributed by atoms with E-state index >= 15 is 0 Å². The van der Waals surface area contributed by atoms with Crippen LogP contribution in [0.3, 0.4) is 0 Å². The molecule has 1 atom stereocenters. The highest BCUT2D eigenvalue weighted by molar-refractivity contribution is 5.95. The van der Waals surface area contributed by atoms with Crippen LogP contribution in [0.2, 0.25) is 0 Å². The second-order valence-electron chi connectivity index (χ2n) is 8.33. The van der Waals surface area contributed by atoms with E-state index < -0.39 is 11.4 Å². The molecule has 1 spiro atoms. The molecule has 7 nitrogen and oxygen atoms in total. The largest absolute Gasteiger partial charge is 0.497 e. The molecule has 5 rings (SSSR count). The molecule has 33 heavy (non-hydrogen) atoms. The minimum atomic E-state index is -1.05. The van der Waals surface area contributed by atoms with Crippen molar-refractivity contribution in [3.05, 3.63) is 94.8 Å². The monoisotopic (exact) mass is 441 g/mol. The Morgan fingerprint density at radius 2 is 1.88 bits per heavy atom. The molecule has 0 radical (unpaired) electrons.